The minimum Gasteiger partial charge on any atom is -0.354 e. The van der Waals surface area contributed by atoms with Crippen molar-refractivity contribution >= 4 is 0 Å². The van der Waals surface area contributed by atoms with Crippen molar-refractivity contribution in [2.24, 2.45) is 0 Å². The van der Waals surface area contributed by atoms with Crippen LogP contribution in [0, 0.1) is 17.5 Å². The third kappa shape index (κ3) is 3.80. The van der Waals surface area contributed by atoms with Crippen molar-refractivity contribution in [3.05, 3.63) is 82.2 Å². The first-order valence-electron chi connectivity index (χ1n) is 9.46. The summed E-state index contributed by atoms with van der Waals surface area (Å²) in [5.74, 6) is -3.04. The van der Waals surface area contributed by atoms with Gasteiger partial charge in [-0.05, 0) is 30.0 Å². The van der Waals surface area contributed by atoms with Crippen molar-refractivity contribution in [1.82, 2.24) is 4.90 Å². The van der Waals surface area contributed by atoms with Crippen LogP contribution >= 0.6 is 0 Å². The largest absolute Gasteiger partial charge is 0.354 e. The van der Waals surface area contributed by atoms with Crippen molar-refractivity contribution in [3.8, 4) is 0 Å². The van der Waals surface area contributed by atoms with Gasteiger partial charge >= 0.3 is 0 Å². The highest BCUT2D eigenvalue weighted by atomic mass is 19.2. The molecule has 142 valence electrons. The molecule has 2 aromatic carbocycles. The fourth-order valence-corrected chi connectivity index (χ4v) is 4.36. The van der Waals surface area contributed by atoms with Gasteiger partial charge in [-0.3, -0.25) is 4.90 Å². The van der Waals surface area contributed by atoms with E-state index in [0.717, 1.165) is 38.5 Å². The van der Waals surface area contributed by atoms with E-state index in [1.165, 1.54) is 16.7 Å². The van der Waals surface area contributed by atoms with Crippen LogP contribution in [0.25, 0.3) is 0 Å². The van der Waals surface area contributed by atoms with Gasteiger partial charge in [0.25, 0.3) is 0 Å². The van der Waals surface area contributed by atoms with Gasteiger partial charge in [-0.2, -0.15) is 0 Å². The average Bonchev–Trinajstić information content (AvgIpc) is 2.65. The minimum atomic E-state index is -1.14. The van der Waals surface area contributed by atoms with Crippen molar-refractivity contribution in [2.75, 3.05) is 13.1 Å². The zero-order chi connectivity index (χ0) is 19.0. The molecule has 4 rings (SSSR count). The Bertz CT molecular complexity index is 878. The summed E-state index contributed by atoms with van der Waals surface area (Å²) in [5.41, 5.74) is 8.53. The van der Waals surface area contributed by atoms with Gasteiger partial charge in [0.1, 0.15) is 5.82 Å². The monoisotopic (exact) mass is 373 g/mol. The van der Waals surface area contributed by atoms with Crippen LogP contribution < -0.4 is 5.73 Å². The summed E-state index contributed by atoms with van der Waals surface area (Å²) in [5, 5.41) is 0. The first-order chi connectivity index (χ1) is 13.0. The van der Waals surface area contributed by atoms with E-state index in [2.05, 4.69) is 41.0 Å². The van der Waals surface area contributed by atoms with Crippen LogP contribution in [0.1, 0.15) is 35.4 Å². The fraction of sp³-hybridized carbons (Fsp3) is 0.364. The lowest BCUT2D eigenvalue weighted by atomic mass is 9.80. The second-order valence-corrected chi connectivity index (χ2v) is 7.69. The number of benzene rings is 2. The molecule has 1 heterocycles. The van der Waals surface area contributed by atoms with Crippen molar-refractivity contribution in [1.29, 1.82) is 0 Å². The predicted molar refractivity (Wildman–Crippen MR) is 98.5 cm³/mol. The minimum absolute atomic E-state index is 0.0542. The molecule has 0 spiro atoms. The number of quaternary nitrogens is 1. The zero-order valence-corrected chi connectivity index (χ0v) is 15.2. The number of allylic oxidation sites excluding steroid dienone is 1. The van der Waals surface area contributed by atoms with Gasteiger partial charge in [0.15, 0.2) is 11.6 Å². The predicted octanol–water partition coefficient (Wildman–Crippen LogP) is 3.58. The molecule has 2 aromatic rings. The summed E-state index contributed by atoms with van der Waals surface area (Å²) in [6, 6.07) is 10.1. The Morgan fingerprint density at radius 1 is 1.00 bits per heavy atom. The number of rotatable bonds is 3. The van der Waals surface area contributed by atoms with Crippen molar-refractivity contribution in [3.63, 3.8) is 0 Å². The highest BCUT2D eigenvalue weighted by Gasteiger charge is 2.31. The maximum absolute atomic E-state index is 14.1. The standard InChI is InChI=1S/C22H23F3N2/c23-19-11-21(25)20(24)10-18(19)17-6-5-14(9-22(17)26)12-27-8-7-15-3-1-2-4-16(15)13-27/h1-5,10-11,17,22H,6-9,12-13,26H2/p+1/t17-,22+/m1/s1. The second kappa shape index (κ2) is 7.49. The molecule has 2 nitrogen and oxygen atoms in total. The highest BCUT2D eigenvalue weighted by Crippen LogP contribution is 2.33. The molecule has 5 heteroatoms. The molecule has 0 radical (unpaired) electrons. The van der Waals surface area contributed by atoms with E-state index < -0.39 is 17.5 Å². The highest BCUT2D eigenvalue weighted by molar-refractivity contribution is 5.31. The summed E-state index contributed by atoms with van der Waals surface area (Å²) in [4.78, 5) is 2.43. The molecule has 0 amide bonds. The quantitative estimate of drug-likeness (QED) is 0.647. The van der Waals surface area contributed by atoms with E-state index in [9.17, 15) is 13.2 Å². The van der Waals surface area contributed by atoms with Crippen LogP contribution in [0.2, 0.25) is 0 Å². The SMILES string of the molecule is [NH3+][C@H]1CC(CN2CCc3ccccc3C2)=CC[C@@H]1c1cc(F)c(F)cc1F. The Hall–Kier alpha value is -2.11. The van der Waals surface area contributed by atoms with Crippen molar-refractivity contribution in [2.45, 2.75) is 37.8 Å². The topological polar surface area (TPSA) is 30.9 Å². The van der Waals surface area contributed by atoms with Gasteiger partial charge in [0.2, 0.25) is 0 Å². The summed E-state index contributed by atoms with van der Waals surface area (Å²) < 4.78 is 40.9. The van der Waals surface area contributed by atoms with Crippen LogP contribution in [-0.2, 0) is 13.0 Å². The van der Waals surface area contributed by atoms with Gasteiger partial charge in [-0.1, -0.05) is 35.9 Å². The molecule has 2 aliphatic rings. The third-order valence-corrected chi connectivity index (χ3v) is 5.83. The van der Waals surface area contributed by atoms with Crippen LogP contribution in [0.5, 0.6) is 0 Å². The Balaban J connectivity index is 1.45. The van der Waals surface area contributed by atoms with Crippen molar-refractivity contribution < 1.29 is 18.9 Å². The molecule has 0 fully saturated rings. The maximum atomic E-state index is 14.1. The molecule has 0 bridgehead atoms. The number of hydrogen-bond acceptors (Lipinski definition) is 1. The zero-order valence-electron chi connectivity index (χ0n) is 15.2. The van der Waals surface area contributed by atoms with Crippen LogP contribution in [-0.4, -0.2) is 24.0 Å². The summed E-state index contributed by atoms with van der Waals surface area (Å²) in [6.07, 6.45) is 4.55. The Labute approximate surface area is 157 Å². The first kappa shape index (κ1) is 18.3. The van der Waals surface area contributed by atoms with E-state index in [0.29, 0.717) is 12.5 Å². The number of nitrogens with zero attached hydrogens (tertiary/aromatic N) is 1. The van der Waals surface area contributed by atoms with E-state index in [1.807, 2.05) is 0 Å². The lowest BCUT2D eigenvalue weighted by Crippen LogP contribution is -2.64. The normalized spacial score (nSPS) is 23.0. The second-order valence-electron chi connectivity index (χ2n) is 7.69. The Morgan fingerprint density at radius 3 is 2.52 bits per heavy atom. The van der Waals surface area contributed by atoms with Gasteiger partial charge < -0.3 is 5.73 Å². The third-order valence-electron chi connectivity index (χ3n) is 5.83. The lowest BCUT2D eigenvalue weighted by Gasteiger charge is -2.32. The van der Waals surface area contributed by atoms with Crippen LogP contribution in [0.4, 0.5) is 13.2 Å². The summed E-state index contributed by atoms with van der Waals surface area (Å²) >= 11 is 0. The molecular weight excluding hydrogens is 349 g/mol. The average molecular weight is 373 g/mol. The Kier molecular flexibility index (Phi) is 5.06. The smallest absolute Gasteiger partial charge is 0.161 e. The van der Waals surface area contributed by atoms with Gasteiger partial charge in [-0.15, -0.1) is 0 Å². The summed E-state index contributed by atoms with van der Waals surface area (Å²) in [7, 11) is 0. The molecule has 0 aromatic heterocycles. The number of hydrogen-bond donors (Lipinski definition) is 1. The van der Waals surface area contributed by atoms with E-state index >= 15 is 0 Å². The van der Waals surface area contributed by atoms with E-state index in [1.54, 1.807) is 0 Å². The van der Waals surface area contributed by atoms with Gasteiger partial charge in [0.05, 0.1) is 6.04 Å². The molecule has 0 saturated carbocycles. The molecule has 1 aliphatic heterocycles. The molecular formula is C22H24F3N2+. The maximum Gasteiger partial charge on any atom is 0.161 e. The number of halogens is 3. The molecule has 3 N–H and O–H groups in total. The first-order valence-corrected chi connectivity index (χ1v) is 9.46. The lowest BCUT2D eigenvalue weighted by molar-refractivity contribution is -0.426. The molecule has 1 aliphatic carbocycles. The molecule has 2 atom stereocenters. The van der Waals surface area contributed by atoms with E-state index in [-0.39, 0.29) is 17.5 Å². The van der Waals surface area contributed by atoms with E-state index in [4.69, 9.17) is 0 Å². The summed E-state index contributed by atoms with van der Waals surface area (Å²) in [6.45, 7) is 2.85. The Morgan fingerprint density at radius 2 is 1.74 bits per heavy atom. The molecule has 0 saturated heterocycles. The van der Waals surface area contributed by atoms with Crippen LogP contribution in [0.15, 0.2) is 48.0 Å². The fourth-order valence-electron chi connectivity index (χ4n) is 4.36. The van der Waals surface area contributed by atoms with Crippen LogP contribution in [0.3, 0.4) is 0 Å². The van der Waals surface area contributed by atoms with Gasteiger partial charge in [-0.25, -0.2) is 13.2 Å². The molecule has 0 unspecified atom stereocenters. The number of fused-ring (bicyclic) bond motifs is 1. The molecule has 27 heavy (non-hydrogen) atoms. The van der Waals surface area contributed by atoms with Gasteiger partial charge in [0, 0.05) is 43.6 Å².